The number of benzene rings is 1. The highest BCUT2D eigenvalue weighted by atomic mass is 19.1. The highest BCUT2D eigenvalue weighted by Crippen LogP contribution is 2.21. The number of rotatable bonds is 3. The van der Waals surface area contributed by atoms with Gasteiger partial charge >= 0.3 is 0 Å². The molecule has 0 bridgehead atoms. The van der Waals surface area contributed by atoms with Crippen molar-refractivity contribution in [3.05, 3.63) is 35.1 Å². The van der Waals surface area contributed by atoms with Crippen LogP contribution in [0.1, 0.15) is 30.4 Å². The Morgan fingerprint density at radius 1 is 1.53 bits per heavy atom. The summed E-state index contributed by atoms with van der Waals surface area (Å²) in [6.45, 7) is 3.69. The third-order valence-corrected chi connectivity index (χ3v) is 2.52. The lowest BCUT2D eigenvalue weighted by Crippen LogP contribution is -2.19. The van der Waals surface area contributed by atoms with Gasteiger partial charge in [-0.3, -0.25) is 4.79 Å². The van der Waals surface area contributed by atoms with Crippen LogP contribution in [0.3, 0.4) is 0 Å². The van der Waals surface area contributed by atoms with Crippen LogP contribution in [0, 0.1) is 12.7 Å². The number of hydrogen-bond donors (Lipinski definition) is 1. The molecule has 0 spiro atoms. The molecule has 1 amide bonds. The van der Waals surface area contributed by atoms with E-state index in [9.17, 15) is 9.18 Å². The Bertz CT molecular complexity index is 363. The van der Waals surface area contributed by atoms with Gasteiger partial charge in [0.1, 0.15) is 5.82 Å². The molecule has 0 radical (unpaired) electrons. The number of carbonyl (C=O) groups excluding carboxylic acids is 1. The Morgan fingerprint density at radius 3 is 2.73 bits per heavy atom. The van der Waals surface area contributed by atoms with E-state index in [4.69, 9.17) is 0 Å². The quantitative estimate of drug-likeness (QED) is 0.813. The highest BCUT2D eigenvalue weighted by Gasteiger charge is 2.11. The monoisotopic (exact) mass is 209 g/mol. The molecule has 0 aliphatic rings. The molecule has 15 heavy (non-hydrogen) atoms. The Morgan fingerprint density at radius 2 is 2.20 bits per heavy atom. The van der Waals surface area contributed by atoms with Crippen molar-refractivity contribution in [1.82, 2.24) is 5.32 Å². The predicted molar refractivity (Wildman–Crippen MR) is 58.2 cm³/mol. The summed E-state index contributed by atoms with van der Waals surface area (Å²) < 4.78 is 13.0. The third kappa shape index (κ3) is 3.05. The van der Waals surface area contributed by atoms with Crippen LogP contribution < -0.4 is 5.32 Å². The average Bonchev–Trinajstić information content (AvgIpc) is 2.21. The molecule has 1 atom stereocenters. The van der Waals surface area contributed by atoms with Gasteiger partial charge in [0.15, 0.2) is 0 Å². The Kier molecular flexibility index (Phi) is 3.83. The summed E-state index contributed by atoms with van der Waals surface area (Å²) in [5.41, 5.74) is 1.62. The summed E-state index contributed by atoms with van der Waals surface area (Å²) in [5, 5.41) is 2.58. The van der Waals surface area contributed by atoms with Crippen molar-refractivity contribution in [1.29, 1.82) is 0 Å². The lowest BCUT2D eigenvalue weighted by Gasteiger charge is -2.11. The van der Waals surface area contributed by atoms with E-state index < -0.39 is 0 Å². The van der Waals surface area contributed by atoms with Gasteiger partial charge in [0.05, 0.1) is 0 Å². The zero-order valence-electron chi connectivity index (χ0n) is 9.30. The van der Waals surface area contributed by atoms with Gasteiger partial charge in [-0.05, 0) is 30.0 Å². The van der Waals surface area contributed by atoms with Crippen molar-refractivity contribution in [2.75, 3.05) is 7.05 Å². The molecule has 1 unspecified atom stereocenters. The average molecular weight is 209 g/mol. The molecule has 0 fully saturated rings. The maximum absolute atomic E-state index is 13.0. The fraction of sp³-hybridized carbons (Fsp3) is 0.417. The second-order valence-electron chi connectivity index (χ2n) is 3.79. The lowest BCUT2D eigenvalue weighted by molar-refractivity contribution is -0.120. The molecule has 0 aromatic heterocycles. The third-order valence-electron chi connectivity index (χ3n) is 2.52. The SMILES string of the molecule is CNC(=O)CC(C)c1ccc(F)c(C)c1. The first kappa shape index (κ1) is 11.7. The second kappa shape index (κ2) is 4.91. The van der Waals surface area contributed by atoms with Crippen molar-refractivity contribution >= 4 is 5.91 Å². The summed E-state index contributed by atoms with van der Waals surface area (Å²) in [6, 6.07) is 4.98. The van der Waals surface area contributed by atoms with Crippen LogP contribution in [-0.2, 0) is 4.79 Å². The normalized spacial score (nSPS) is 12.3. The minimum absolute atomic E-state index is 0.00415. The van der Waals surface area contributed by atoms with E-state index in [0.29, 0.717) is 12.0 Å². The second-order valence-corrected chi connectivity index (χ2v) is 3.79. The Labute approximate surface area is 89.5 Å². The lowest BCUT2D eigenvalue weighted by atomic mass is 9.96. The van der Waals surface area contributed by atoms with Crippen molar-refractivity contribution < 1.29 is 9.18 Å². The molecule has 1 aromatic rings. The fourth-order valence-corrected chi connectivity index (χ4v) is 1.47. The highest BCUT2D eigenvalue weighted by molar-refractivity contribution is 5.76. The summed E-state index contributed by atoms with van der Waals surface area (Å²) in [7, 11) is 1.62. The van der Waals surface area contributed by atoms with Gasteiger partial charge in [-0.25, -0.2) is 4.39 Å². The maximum atomic E-state index is 13.0. The van der Waals surface area contributed by atoms with Gasteiger partial charge in [0.25, 0.3) is 0 Å². The summed E-state index contributed by atoms with van der Waals surface area (Å²) in [5.74, 6) is -0.0837. The fourth-order valence-electron chi connectivity index (χ4n) is 1.47. The number of hydrogen-bond acceptors (Lipinski definition) is 1. The molecule has 0 saturated heterocycles. The van der Waals surface area contributed by atoms with Crippen LogP contribution >= 0.6 is 0 Å². The van der Waals surface area contributed by atoms with Gasteiger partial charge in [-0.1, -0.05) is 19.1 Å². The van der Waals surface area contributed by atoms with E-state index in [0.717, 1.165) is 5.56 Å². The number of halogens is 1. The van der Waals surface area contributed by atoms with Gasteiger partial charge in [0, 0.05) is 13.5 Å². The van der Waals surface area contributed by atoms with Gasteiger partial charge < -0.3 is 5.32 Å². The summed E-state index contributed by atoms with van der Waals surface area (Å²) in [6.07, 6.45) is 0.432. The van der Waals surface area contributed by atoms with Crippen molar-refractivity contribution in [3.8, 4) is 0 Å². The zero-order valence-corrected chi connectivity index (χ0v) is 9.30. The van der Waals surface area contributed by atoms with Crippen LogP contribution in [0.4, 0.5) is 4.39 Å². The first-order valence-electron chi connectivity index (χ1n) is 5.01. The van der Waals surface area contributed by atoms with Crippen LogP contribution in [0.25, 0.3) is 0 Å². The molecular formula is C12H16FNO. The Hall–Kier alpha value is -1.38. The smallest absolute Gasteiger partial charge is 0.220 e. The molecule has 3 heteroatoms. The minimum Gasteiger partial charge on any atom is -0.359 e. The van der Waals surface area contributed by atoms with Crippen LogP contribution in [0.2, 0.25) is 0 Å². The summed E-state index contributed by atoms with van der Waals surface area (Å²) in [4.78, 5) is 11.2. The largest absolute Gasteiger partial charge is 0.359 e. The first-order valence-corrected chi connectivity index (χ1v) is 5.01. The number of amides is 1. The van der Waals surface area contributed by atoms with E-state index in [2.05, 4.69) is 5.32 Å². The van der Waals surface area contributed by atoms with Crippen LogP contribution in [0.15, 0.2) is 18.2 Å². The van der Waals surface area contributed by atoms with Gasteiger partial charge in [0.2, 0.25) is 5.91 Å². The number of carbonyl (C=O) groups is 1. The standard InChI is InChI=1S/C12H16FNO/c1-8(7-12(15)14-3)10-4-5-11(13)9(2)6-10/h4-6,8H,7H2,1-3H3,(H,14,15). The van der Waals surface area contributed by atoms with Crippen molar-refractivity contribution in [2.24, 2.45) is 0 Å². The van der Waals surface area contributed by atoms with Crippen molar-refractivity contribution in [3.63, 3.8) is 0 Å². The first-order chi connectivity index (χ1) is 7.04. The summed E-state index contributed by atoms with van der Waals surface area (Å²) >= 11 is 0. The van der Waals surface area contributed by atoms with Crippen molar-refractivity contribution in [2.45, 2.75) is 26.2 Å². The molecule has 0 aliphatic heterocycles. The topological polar surface area (TPSA) is 29.1 Å². The van der Waals surface area contributed by atoms with Gasteiger partial charge in [-0.15, -0.1) is 0 Å². The number of aryl methyl sites for hydroxylation is 1. The van der Waals surface area contributed by atoms with E-state index in [1.54, 1.807) is 26.1 Å². The van der Waals surface area contributed by atoms with E-state index in [1.165, 1.54) is 6.07 Å². The minimum atomic E-state index is -0.203. The van der Waals surface area contributed by atoms with E-state index >= 15 is 0 Å². The molecule has 82 valence electrons. The molecule has 0 saturated carbocycles. The molecule has 2 nitrogen and oxygen atoms in total. The van der Waals surface area contributed by atoms with Crippen LogP contribution in [0.5, 0.6) is 0 Å². The Balaban J connectivity index is 2.78. The number of nitrogens with one attached hydrogen (secondary N) is 1. The molecule has 1 rings (SSSR count). The molecule has 1 N–H and O–H groups in total. The maximum Gasteiger partial charge on any atom is 0.220 e. The molecule has 0 aliphatic carbocycles. The van der Waals surface area contributed by atoms with E-state index in [-0.39, 0.29) is 17.6 Å². The predicted octanol–water partition coefficient (Wildman–Crippen LogP) is 2.37. The molecule has 0 heterocycles. The van der Waals surface area contributed by atoms with E-state index in [1.807, 2.05) is 6.92 Å². The molecular weight excluding hydrogens is 193 g/mol. The van der Waals surface area contributed by atoms with Crippen LogP contribution in [-0.4, -0.2) is 13.0 Å². The zero-order chi connectivity index (χ0) is 11.4. The van der Waals surface area contributed by atoms with Gasteiger partial charge in [-0.2, -0.15) is 0 Å². The molecule has 1 aromatic carbocycles.